The molecule has 0 amide bonds. The van der Waals surface area contributed by atoms with Crippen molar-refractivity contribution in [1.82, 2.24) is 4.98 Å². The molecule has 1 aliphatic rings. The third kappa shape index (κ3) is 3.02. The summed E-state index contributed by atoms with van der Waals surface area (Å²) in [5, 5.41) is 0. The van der Waals surface area contributed by atoms with E-state index in [1.165, 1.54) is 18.5 Å². The zero-order valence-corrected chi connectivity index (χ0v) is 10.7. The average molecular weight is 257 g/mol. The third-order valence-corrected chi connectivity index (χ3v) is 4.32. The highest BCUT2D eigenvalue weighted by Crippen LogP contribution is 2.18. The molecule has 0 radical (unpaired) electrons. The topological polar surface area (TPSA) is 56.3 Å². The molecule has 1 aromatic heterocycles. The van der Waals surface area contributed by atoms with E-state index in [1.54, 1.807) is 6.07 Å². The van der Waals surface area contributed by atoms with Crippen molar-refractivity contribution in [2.24, 2.45) is 0 Å². The van der Waals surface area contributed by atoms with E-state index in [2.05, 4.69) is 4.98 Å². The maximum absolute atomic E-state index is 11.9. The fourth-order valence-electron chi connectivity index (χ4n) is 1.99. The maximum atomic E-state index is 11.9. The second kappa shape index (κ2) is 4.72. The van der Waals surface area contributed by atoms with Crippen LogP contribution in [0.1, 0.15) is 12.8 Å². The summed E-state index contributed by atoms with van der Waals surface area (Å²) in [5.41, 5.74) is 0. The van der Waals surface area contributed by atoms with Crippen molar-refractivity contribution in [2.45, 2.75) is 17.7 Å². The number of likely N-dealkylation sites (tertiary alicyclic amines) is 1. The Kier molecular flexibility index (Phi) is 3.46. The first kappa shape index (κ1) is 12.5. The van der Waals surface area contributed by atoms with E-state index in [1.807, 2.05) is 7.05 Å². The minimum Gasteiger partial charge on any atom is -0.302 e. The van der Waals surface area contributed by atoms with Gasteiger partial charge in [0.1, 0.15) is 4.90 Å². The van der Waals surface area contributed by atoms with Gasteiger partial charge in [0.2, 0.25) is 6.73 Å². The summed E-state index contributed by atoms with van der Waals surface area (Å²) in [7, 11) is -1.64. The molecule has 0 unspecified atom stereocenters. The van der Waals surface area contributed by atoms with Crippen LogP contribution < -0.4 is 0 Å². The first-order valence-corrected chi connectivity index (χ1v) is 7.06. The smallest absolute Gasteiger partial charge is 0.302 e. The fraction of sp³-hybridized carbons (Fsp3) is 0.545. The number of hydrogen-bond acceptors (Lipinski definition) is 4. The summed E-state index contributed by atoms with van der Waals surface area (Å²) in [6.07, 6.45) is 5.10. The number of quaternary nitrogens is 1. The monoisotopic (exact) mass is 257 g/mol. The summed E-state index contributed by atoms with van der Waals surface area (Å²) in [6.45, 7) is 2.16. The molecule has 0 atom stereocenters. The molecule has 1 fully saturated rings. The molecule has 17 heavy (non-hydrogen) atoms. The highest BCUT2D eigenvalue weighted by Gasteiger charge is 2.29. The molecule has 0 aliphatic carbocycles. The normalized spacial score (nSPS) is 19.4. The molecule has 5 nitrogen and oxygen atoms in total. The molecule has 94 valence electrons. The van der Waals surface area contributed by atoms with Crippen LogP contribution in [0.4, 0.5) is 0 Å². The van der Waals surface area contributed by atoms with Crippen molar-refractivity contribution < 1.29 is 17.1 Å². The summed E-state index contributed by atoms with van der Waals surface area (Å²) in [4.78, 5) is 3.90. The van der Waals surface area contributed by atoms with Gasteiger partial charge in [-0.1, -0.05) is 0 Å². The van der Waals surface area contributed by atoms with Gasteiger partial charge in [-0.05, 0) is 12.1 Å². The van der Waals surface area contributed by atoms with Crippen molar-refractivity contribution in [3.05, 3.63) is 24.5 Å². The molecular weight excluding hydrogens is 240 g/mol. The molecule has 2 heterocycles. The summed E-state index contributed by atoms with van der Waals surface area (Å²) in [5.74, 6) is 0. The second-order valence-corrected chi connectivity index (χ2v) is 6.28. The standard InChI is InChI=1S/C11H17N2O3S/c1-13(7-2-3-8-13)10-16-17(14,15)11-5-4-6-12-9-11/h4-6,9H,2-3,7-8,10H2,1H3/q+1. The van der Waals surface area contributed by atoms with Gasteiger partial charge < -0.3 is 4.48 Å². The summed E-state index contributed by atoms with van der Waals surface area (Å²) >= 11 is 0. The Bertz CT molecular complexity index is 467. The third-order valence-electron chi connectivity index (χ3n) is 3.09. The summed E-state index contributed by atoms with van der Waals surface area (Å²) in [6, 6.07) is 3.08. The van der Waals surface area contributed by atoms with Crippen LogP contribution >= 0.6 is 0 Å². The Hall–Kier alpha value is -0.980. The Morgan fingerprint density at radius 2 is 2.12 bits per heavy atom. The molecule has 0 N–H and O–H groups in total. The number of aromatic nitrogens is 1. The first-order chi connectivity index (χ1) is 8.02. The lowest BCUT2D eigenvalue weighted by atomic mass is 10.4. The van der Waals surface area contributed by atoms with Crippen molar-refractivity contribution in [2.75, 3.05) is 26.9 Å². The lowest BCUT2D eigenvalue weighted by Crippen LogP contribution is -2.43. The van der Waals surface area contributed by atoms with Gasteiger partial charge in [0.25, 0.3) is 0 Å². The van der Waals surface area contributed by atoms with Gasteiger partial charge in [-0.15, -0.1) is 0 Å². The predicted molar refractivity (Wildman–Crippen MR) is 62.5 cm³/mol. The maximum Gasteiger partial charge on any atom is 0.303 e. The molecule has 1 aliphatic heterocycles. The quantitative estimate of drug-likeness (QED) is 0.596. The molecule has 2 rings (SSSR count). The molecule has 1 saturated heterocycles. The van der Waals surface area contributed by atoms with Crippen molar-refractivity contribution in [3.8, 4) is 0 Å². The van der Waals surface area contributed by atoms with Gasteiger partial charge in [-0.25, -0.2) is 4.18 Å². The van der Waals surface area contributed by atoms with Crippen LogP contribution in [-0.4, -0.2) is 44.8 Å². The molecular formula is C11H17N2O3S+. The summed E-state index contributed by atoms with van der Waals surface area (Å²) < 4.78 is 29.5. The van der Waals surface area contributed by atoms with Crippen LogP contribution in [-0.2, 0) is 14.3 Å². The van der Waals surface area contributed by atoms with E-state index in [0.717, 1.165) is 25.9 Å². The van der Waals surface area contributed by atoms with E-state index < -0.39 is 10.1 Å². The SMILES string of the molecule is C[N+]1(COS(=O)(=O)c2cccnc2)CCCC1. The fourth-order valence-corrected chi connectivity index (χ4v) is 2.95. The Balaban J connectivity index is 2.04. The Morgan fingerprint density at radius 1 is 1.41 bits per heavy atom. The average Bonchev–Trinajstić information content (AvgIpc) is 2.76. The van der Waals surface area contributed by atoms with Crippen molar-refractivity contribution >= 4 is 10.1 Å². The minimum absolute atomic E-state index is 0.116. The number of rotatable bonds is 4. The zero-order chi connectivity index (χ0) is 12.4. The van der Waals surface area contributed by atoms with Gasteiger partial charge in [-0.3, -0.25) is 4.98 Å². The molecule has 0 aromatic carbocycles. The van der Waals surface area contributed by atoms with Crippen molar-refractivity contribution in [3.63, 3.8) is 0 Å². The lowest BCUT2D eigenvalue weighted by molar-refractivity contribution is -0.912. The number of pyridine rings is 1. The van der Waals surface area contributed by atoms with E-state index in [-0.39, 0.29) is 11.6 Å². The van der Waals surface area contributed by atoms with Crippen LogP contribution in [0.2, 0.25) is 0 Å². The van der Waals surface area contributed by atoms with E-state index in [0.29, 0.717) is 4.48 Å². The molecule has 0 spiro atoms. The zero-order valence-electron chi connectivity index (χ0n) is 9.87. The van der Waals surface area contributed by atoms with Crippen LogP contribution in [0.3, 0.4) is 0 Å². The molecule has 1 aromatic rings. The predicted octanol–water partition coefficient (Wildman–Crippen LogP) is 0.985. The van der Waals surface area contributed by atoms with Crippen LogP contribution in [0, 0.1) is 0 Å². The number of hydrogen-bond donors (Lipinski definition) is 0. The highest BCUT2D eigenvalue weighted by molar-refractivity contribution is 7.86. The molecule has 0 saturated carbocycles. The number of nitrogens with zero attached hydrogens (tertiary/aromatic N) is 2. The Morgan fingerprint density at radius 3 is 2.71 bits per heavy atom. The molecule has 0 bridgehead atoms. The van der Waals surface area contributed by atoms with Gasteiger partial charge in [0, 0.05) is 25.2 Å². The Labute approximate surface area is 102 Å². The molecule has 6 heteroatoms. The van der Waals surface area contributed by atoms with Gasteiger partial charge >= 0.3 is 10.1 Å². The van der Waals surface area contributed by atoms with Gasteiger partial charge in [0.15, 0.2) is 0 Å². The van der Waals surface area contributed by atoms with Crippen LogP contribution in [0.5, 0.6) is 0 Å². The van der Waals surface area contributed by atoms with Crippen LogP contribution in [0.15, 0.2) is 29.4 Å². The van der Waals surface area contributed by atoms with Crippen molar-refractivity contribution in [1.29, 1.82) is 0 Å². The largest absolute Gasteiger partial charge is 0.303 e. The van der Waals surface area contributed by atoms with Gasteiger partial charge in [-0.2, -0.15) is 8.42 Å². The first-order valence-electron chi connectivity index (χ1n) is 5.65. The lowest BCUT2D eigenvalue weighted by Gasteiger charge is -2.27. The minimum atomic E-state index is -3.66. The second-order valence-electron chi connectivity index (χ2n) is 4.66. The van der Waals surface area contributed by atoms with E-state index in [9.17, 15) is 8.42 Å². The van der Waals surface area contributed by atoms with Gasteiger partial charge in [0.05, 0.1) is 20.1 Å². The highest BCUT2D eigenvalue weighted by atomic mass is 32.2. The van der Waals surface area contributed by atoms with Crippen LogP contribution in [0.25, 0.3) is 0 Å². The van der Waals surface area contributed by atoms with E-state index in [4.69, 9.17) is 4.18 Å². The van der Waals surface area contributed by atoms with E-state index >= 15 is 0 Å².